The first-order valence-corrected chi connectivity index (χ1v) is 12.0. The highest BCUT2D eigenvalue weighted by Gasteiger charge is 2.44. The Morgan fingerprint density at radius 1 is 1.06 bits per heavy atom. The number of carbonyl (C=O) groups excluding carboxylic acids is 3. The van der Waals surface area contributed by atoms with Crippen molar-refractivity contribution in [1.29, 1.82) is 0 Å². The van der Waals surface area contributed by atoms with Gasteiger partial charge in [0.2, 0.25) is 17.7 Å². The second-order valence-electron chi connectivity index (χ2n) is 9.73. The molecule has 1 aliphatic heterocycles. The summed E-state index contributed by atoms with van der Waals surface area (Å²) in [7, 11) is 0. The molecule has 1 unspecified atom stereocenters. The third-order valence-corrected chi connectivity index (χ3v) is 7.45. The first-order valence-electron chi connectivity index (χ1n) is 12.0. The van der Waals surface area contributed by atoms with Gasteiger partial charge in [-0.05, 0) is 61.6 Å². The van der Waals surface area contributed by atoms with Gasteiger partial charge in [-0.25, -0.2) is 0 Å². The van der Waals surface area contributed by atoms with E-state index in [0.717, 1.165) is 61.8 Å². The van der Waals surface area contributed by atoms with Crippen LogP contribution in [-0.4, -0.2) is 30.3 Å². The fraction of sp³-hybridized carbons (Fsp3) is 0.640. The van der Waals surface area contributed by atoms with E-state index in [4.69, 9.17) is 5.73 Å². The molecule has 0 bridgehead atoms. The summed E-state index contributed by atoms with van der Waals surface area (Å²) in [4.78, 5) is 40.8. The monoisotopic (exact) mass is 425 g/mol. The third kappa shape index (κ3) is 4.63. The van der Waals surface area contributed by atoms with E-state index >= 15 is 0 Å². The maximum atomic E-state index is 13.5. The molecule has 0 saturated heterocycles. The first kappa shape index (κ1) is 21.8. The van der Waals surface area contributed by atoms with Gasteiger partial charge in [-0.2, -0.15) is 0 Å². The highest BCUT2D eigenvalue weighted by atomic mass is 16.2. The Labute approximate surface area is 184 Å². The van der Waals surface area contributed by atoms with Gasteiger partial charge in [0.15, 0.2) is 0 Å². The molecule has 2 fully saturated rings. The summed E-state index contributed by atoms with van der Waals surface area (Å²) in [5.74, 6) is -1.43. The van der Waals surface area contributed by atoms with E-state index < -0.39 is 23.8 Å². The van der Waals surface area contributed by atoms with Crippen molar-refractivity contribution in [2.45, 2.75) is 83.1 Å². The smallest absolute Gasteiger partial charge is 0.244 e. The van der Waals surface area contributed by atoms with Crippen LogP contribution in [0.1, 0.15) is 81.3 Å². The van der Waals surface area contributed by atoms with Gasteiger partial charge >= 0.3 is 0 Å². The summed E-state index contributed by atoms with van der Waals surface area (Å²) in [5, 5.41) is 2.88. The first-order chi connectivity index (χ1) is 15.0. The molecular weight excluding hydrogens is 390 g/mol. The number of benzene rings is 1. The van der Waals surface area contributed by atoms with Crippen molar-refractivity contribution in [3.05, 3.63) is 29.3 Å². The summed E-state index contributed by atoms with van der Waals surface area (Å²) >= 11 is 0. The van der Waals surface area contributed by atoms with Crippen molar-refractivity contribution in [2.75, 3.05) is 11.4 Å². The predicted octanol–water partition coefficient (Wildman–Crippen LogP) is 3.56. The minimum absolute atomic E-state index is 0.0579. The van der Waals surface area contributed by atoms with E-state index in [0.29, 0.717) is 12.5 Å². The van der Waals surface area contributed by atoms with Crippen LogP contribution in [0.2, 0.25) is 0 Å². The molecule has 4 rings (SSSR count). The van der Waals surface area contributed by atoms with Crippen LogP contribution in [0.25, 0.3) is 0 Å². The Hall–Kier alpha value is -2.37. The summed E-state index contributed by atoms with van der Waals surface area (Å²) in [5.41, 5.74) is 8.33. The molecule has 1 heterocycles. The fourth-order valence-electron chi connectivity index (χ4n) is 5.73. The van der Waals surface area contributed by atoms with Gasteiger partial charge in [-0.15, -0.1) is 0 Å². The molecule has 3 N–H and O–H groups in total. The van der Waals surface area contributed by atoms with Crippen molar-refractivity contribution in [1.82, 2.24) is 5.32 Å². The van der Waals surface area contributed by atoms with E-state index in [9.17, 15) is 14.4 Å². The number of rotatable bonds is 6. The Kier molecular flexibility index (Phi) is 6.63. The number of nitrogens with two attached hydrogens (primary N) is 1. The SMILES string of the molecule is Cc1ccc2c(c1)N(CC1CCCCC1)C(=O)C2C(=O)N[C@H](C(N)=O)C1CCCCC1. The minimum atomic E-state index is -0.898. The molecule has 2 atom stereocenters. The van der Waals surface area contributed by atoms with Crippen molar-refractivity contribution in [2.24, 2.45) is 17.6 Å². The van der Waals surface area contributed by atoms with Crippen molar-refractivity contribution >= 4 is 23.4 Å². The summed E-state index contributed by atoms with van der Waals surface area (Å²) < 4.78 is 0. The molecule has 1 aromatic carbocycles. The standard InChI is InChI=1S/C25H35N3O3/c1-16-12-13-19-20(14-16)28(15-17-8-4-2-5-9-17)25(31)21(19)24(30)27-22(23(26)29)18-10-6-3-7-11-18/h12-14,17-18,21-22H,2-11,15H2,1H3,(H2,26,29)(H,27,30)/t21?,22-/m0/s1. The second kappa shape index (κ2) is 9.41. The second-order valence-corrected chi connectivity index (χ2v) is 9.73. The van der Waals surface area contributed by atoms with Gasteiger partial charge in [-0.1, -0.05) is 50.7 Å². The number of amides is 3. The van der Waals surface area contributed by atoms with Gasteiger partial charge in [0, 0.05) is 12.2 Å². The lowest BCUT2D eigenvalue weighted by molar-refractivity contribution is -0.133. The average Bonchev–Trinajstić information content (AvgIpc) is 3.04. The molecule has 6 nitrogen and oxygen atoms in total. The predicted molar refractivity (Wildman–Crippen MR) is 121 cm³/mol. The van der Waals surface area contributed by atoms with Crippen molar-refractivity contribution < 1.29 is 14.4 Å². The lowest BCUT2D eigenvalue weighted by Gasteiger charge is -2.29. The molecule has 0 aromatic heterocycles. The fourth-order valence-corrected chi connectivity index (χ4v) is 5.73. The maximum Gasteiger partial charge on any atom is 0.244 e. The Morgan fingerprint density at radius 3 is 2.35 bits per heavy atom. The molecule has 1 aromatic rings. The Bertz CT molecular complexity index is 840. The highest BCUT2D eigenvalue weighted by molar-refractivity contribution is 6.18. The Morgan fingerprint density at radius 2 is 1.71 bits per heavy atom. The van der Waals surface area contributed by atoms with E-state index in [1.807, 2.05) is 30.0 Å². The molecular formula is C25H35N3O3. The van der Waals surface area contributed by atoms with Crippen LogP contribution in [0, 0.1) is 18.8 Å². The zero-order chi connectivity index (χ0) is 22.0. The molecule has 3 amide bonds. The number of anilines is 1. The van der Waals surface area contributed by atoms with Crippen LogP contribution < -0.4 is 16.0 Å². The summed E-state index contributed by atoms with van der Waals surface area (Å²) in [6, 6.07) is 5.15. The number of fused-ring (bicyclic) bond motifs is 1. The van der Waals surface area contributed by atoms with E-state index in [-0.39, 0.29) is 11.8 Å². The van der Waals surface area contributed by atoms with Crippen LogP contribution in [0.3, 0.4) is 0 Å². The van der Waals surface area contributed by atoms with Gasteiger partial charge in [-0.3, -0.25) is 14.4 Å². The molecule has 168 valence electrons. The van der Waals surface area contributed by atoms with Crippen molar-refractivity contribution in [3.8, 4) is 0 Å². The molecule has 6 heteroatoms. The van der Waals surface area contributed by atoms with Gasteiger partial charge < -0.3 is 16.0 Å². The lowest BCUT2D eigenvalue weighted by Crippen LogP contribution is -2.52. The van der Waals surface area contributed by atoms with Crippen LogP contribution >= 0.6 is 0 Å². The van der Waals surface area contributed by atoms with Crippen LogP contribution in [0.15, 0.2) is 18.2 Å². The summed E-state index contributed by atoms with van der Waals surface area (Å²) in [6.45, 7) is 2.67. The zero-order valence-corrected chi connectivity index (χ0v) is 18.6. The number of carbonyl (C=O) groups is 3. The lowest BCUT2D eigenvalue weighted by atomic mass is 9.83. The molecule has 31 heavy (non-hydrogen) atoms. The number of hydrogen-bond donors (Lipinski definition) is 2. The molecule has 3 aliphatic rings. The normalized spacial score (nSPS) is 23.5. The largest absolute Gasteiger partial charge is 0.368 e. The number of primary amides is 1. The maximum absolute atomic E-state index is 13.5. The van der Waals surface area contributed by atoms with Crippen LogP contribution in [0.4, 0.5) is 5.69 Å². The quantitative estimate of drug-likeness (QED) is 0.683. The number of nitrogens with one attached hydrogen (secondary N) is 1. The Balaban J connectivity index is 1.56. The number of aryl methyl sites for hydroxylation is 1. The topological polar surface area (TPSA) is 92.5 Å². The van der Waals surface area contributed by atoms with Gasteiger partial charge in [0.1, 0.15) is 12.0 Å². The van der Waals surface area contributed by atoms with E-state index in [1.54, 1.807) is 0 Å². The number of hydrogen-bond acceptors (Lipinski definition) is 3. The van der Waals surface area contributed by atoms with Crippen molar-refractivity contribution in [3.63, 3.8) is 0 Å². The molecule has 2 aliphatic carbocycles. The van der Waals surface area contributed by atoms with Gasteiger partial charge in [0.25, 0.3) is 0 Å². The minimum Gasteiger partial charge on any atom is -0.368 e. The zero-order valence-electron chi connectivity index (χ0n) is 18.6. The molecule has 0 spiro atoms. The summed E-state index contributed by atoms with van der Waals surface area (Å²) in [6.07, 6.45) is 11.0. The third-order valence-electron chi connectivity index (χ3n) is 7.45. The number of nitrogens with zero attached hydrogens (tertiary/aromatic N) is 1. The van der Waals surface area contributed by atoms with E-state index in [2.05, 4.69) is 5.32 Å². The van der Waals surface area contributed by atoms with Gasteiger partial charge in [0.05, 0.1) is 0 Å². The van der Waals surface area contributed by atoms with Crippen LogP contribution in [0.5, 0.6) is 0 Å². The van der Waals surface area contributed by atoms with E-state index in [1.165, 1.54) is 19.3 Å². The molecule has 2 saturated carbocycles. The van der Waals surface area contributed by atoms with Crippen LogP contribution in [-0.2, 0) is 14.4 Å². The average molecular weight is 426 g/mol. The highest BCUT2D eigenvalue weighted by Crippen LogP contribution is 2.40. The molecule has 0 radical (unpaired) electrons.